The molecule has 2 aromatic heterocycles. The van der Waals surface area contributed by atoms with Crippen molar-refractivity contribution in [2.75, 3.05) is 12.8 Å². The lowest BCUT2D eigenvalue weighted by molar-refractivity contribution is 0.248. The standard InChI is InChI=1S/C17H25N5O2S/c1-4-10-21-15(8-9-18-21)14-12-13(2)19-17(20-14)16-7-5-6-11-22(16)25(3,23)24/h8-9,12,16H,4-7,10-11H2,1-3H3/t16-/m0/s1. The third-order valence-electron chi connectivity index (χ3n) is 4.46. The lowest BCUT2D eigenvalue weighted by Gasteiger charge is -2.32. The van der Waals surface area contributed by atoms with Gasteiger partial charge in [0.1, 0.15) is 5.82 Å². The second-order valence-electron chi connectivity index (χ2n) is 6.58. The summed E-state index contributed by atoms with van der Waals surface area (Å²) in [7, 11) is -3.28. The van der Waals surface area contributed by atoms with E-state index in [0.717, 1.165) is 49.3 Å². The Morgan fingerprint density at radius 2 is 2.08 bits per heavy atom. The van der Waals surface area contributed by atoms with Gasteiger partial charge < -0.3 is 0 Å². The van der Waals surface area contributed by atoms with E-state index in [-0.39, 0.29) is 6.04 Å². The second kappa shape index (κ2) is 7.21. The molecule has 0 unspecified atom stereocenters. The summed E-state index contributed by atoms with van der Waals surface area (Å²) >= 11 is 0. The number of sulfonamides is 1. The van der Waals surface area contributed by atoms with E-state index in [0.29, 0.717) is 12.4 Å². The molecule has 0 radical (unpaired) electrons. The quantitative estimate of drug-likeness (QED) is 0.815. The molecule has 2 aromatic rings. The van der Waals surface area contributed by atoms with Gasteiger partial charge in [-0.15, -0.1) is 0 Å². The number of rotatable bonds is 5. The maximum Gasteiger partial charge on any atom is 0.211 e. The third kappa shape index (κ3) is 3.90. The van der Waals surface area contributed by atoms with E-state index >= 15 is 0 Å². The zero-order chi connectivity index (χ0) is 18.0. The first kappa shape index (κ1) is 18.0. The number of piperidine rings is 1. The van der Waals surface area contributed by atoms with Crippen molar-refractivity contribution in [3.8, 4) is 11.4 Å². The zero-order valence-corrected chi connectivity index (χ0v) is 15.8. The monoisotopic (exact) mass is 363 g/mol. The first-order valence-corrected chi connectivity index (χ1v) is 10.6. The molecule has 0 spiro atoms. The van der Waals surface area contributed by atoms with Crippen molar-refractivity contribution < 1.29 is 8.42 Å². The predicted molar refractivity (Wildman–Crippen MR) is 96.4 cm³/mol. The van der Waals surface area contributed by atoms with E-state index < -0.39 is 10.0 Å². The summed E-state index contributed by atoms with van der Waals surface area (Å²) in [6.45, 7) is 5.38. The average Bonchev–Trinajstić information content (AvgIpc) is 3.02. The number of nitrogens with zero attached hydrogens (tertiary/aromatic N) is 5. The van der Waals surface area contributed by atoms with Crippen LogP contribution in [0.2, 0.25) is 0 Å². The van der Waals surface area contributed by atoms with Crippen molar-refractivity contribution >= 4 is 10.0 Å². The summed E-state index contributed by atoms with van der Waals surface area (Å²) in [5, 5.41) is 4.36. The highest BCUT2D eigenvalue weighted by atomic mass is 32.2. The minimum atomic E-state index is -3.28. The van der Waals surface area contributed by atoms with Crippen LogP contribution in [0.5, 0.6) is 0 Å². The van der Waals surface area contributed by atoms with E-state index in [1.165, 1.54) is 6.26 Å². The van der Waals surface area contributed by atoms with Gasteiger partial charge in [0, 0.05) is 25.0 Å². The summed E-state index contributed by atoms with van der Waals surface area (Å²) in [5.41, 5.74) is 2.58. The lowest BCUT2D eigenvalue weighted by Crippen LogP contribution is -2.38. The van der Waals surface area contributed by atoms with Crippen molar-refractivity contribution in [1.29, 1.82) is 0 Å². The molecule has 1 saturated heterocycles. The minimum Gasteiger partial charge on any atom is -0.263 e. The van der Waals surface area contributed by atoms with Gasteiger partial charge in [-0.2, -0.15) is 9.40 Å². The Bertz CT molecular complexity index is 846. The molecule has 3 rings (SSSR count). The van der Waals surface area contributed by atoms with Crippen LogP contribution in [-0.2, 0) is 16.6 Å². The van der Waals surface area contributed by atoms with Gasteiger partial charge >= 0.3 is 0 Å². The highest BCUT2D eigenvalue weighted by Gasteiger charge is 2.32. The fraction of sp³-hybridized carbons (Fsp3) is 0.588. The zero-order valence-electron chi connectivity index (χ0n) is 15.0. The smallest absolute Gasteiger partial charge is 0.211 e. The molecule has 1 fully saturated rings. The van der Waals surface area contributed by atoms with E-state index in [9.17, 15) is 8.42 Å². The molecule has 3 heterocycles. The van der Waals surface area contributed by atoms with Crippen LogP contribution in [0.1, 0.15) is 50.2 Å². The molecular weight excluding hydrogens is 338 g/mol. The van der Waals surface area contributed by atoms with Gasteiger partial charge in [-0.05, 0) is 38.3 Å². The van der Waals surface area contributed by atoms with E-state index in [1.807, 2.05) is 23.7 Å². The van der Waals surface area contributed by atoms with Gasteiger partial charge in [0.05, 0.1) is 23.7 Å². The third-order valence-corrected chi connectivity index (χ3v) is 5.75. The highest BCUT2D eigenvalue weighted by molar-refractivity contribution is 7.88. The molecule has 0 bridgehead atoms. The van der Waals surface area contributed by atoms with Gasteiger partial charge in [0.25, 0.3) is 0 Å². The number of hydrogen-bond donors (Lipinski definition) is 0. The van der Waals surface area contributed by atoms with Gasteiger partial charge in [0.2, 0.25) is 10.0 Å². The van der Waals surface area contributed by atoms with Gasteiger partial charge in [-0.25, -0.2) is 18.4 Å². The summed E-state index contributed by atoms with van der Waals surface area (Å²) in [6, 6.07) is 3.58. The molecule has 0 aromatic carbocycles. The van der Waals surface area contributed by atoms with Crippen molar-refractivity contribution in [3.05, 3.63) is 29.8 Å². The molecule has 0 N–H and O–H groups in total. The van der Waals surface area contributed by atoms with E-state index in [4.69, 9.17) is 4.98 Å². The normalized spacial score (nSPS) is 19.2. The van der Waals surface area contributed by atoms with Gasteiger partial charge in [-0.1, -0.05) is 13.3 Å². The van der Waals surface area contributed by atoms with Crippen molar-refractivity contribution in [1.82, 2.24) is 24.1 Å². The SMILES string of the molecule is CCCn1nccc1-c1cc(C)nc([C@@H]2CCCCN2S(C)(=O)=O)n1. The molecular formula is C17H25N5O2S. The van der Waals surface area contributed by atoms with E-state index in [2.05, 4.69) is 17.0 Å². The highest BCUT2D eigenvalue weighted by Crippen LogP contribution is 2.32. The van der Waals surface area contributed by atoms with Crippen LogP contribution in [-0.4, -0.2) is 45.3 Å². The summed E-state index contributed by atoms with van der Waals surface area (Å²) in [4.78, 5) is 9.29. The number of aromatic nitrogens is 4. The van der Waals surface area contributed by atoms with Crippen LogP contribution >= 0.6 is 0 Å². The molecule has 0 aliphatic carbocycles. The Kier molecular flexibility index (Phi) is 5.19. The van der Waals surface area contributed by atoms with Crippen molar-refractivity contribution in [2.24, 2.45) is 0 Å². The molecule has 8 heteroatoms. The maximum absolute atomic E-state index is 12.2. The van der Waals surface area contributed by atoms with Crippen molar-refractivity contribution in [3.63, 3.8) is 0 Å². The van der Waals surface area contributed by atoms with Crippen molar-refractivity contribution in [2.45, 2.75) is 52.1 Å². The van der Waals surface area contributed by atoms with Crippen LogP contribution in [0.25, 0.3) is 11.4 Å². The fourth-order valence-electron chi connectivity index (χ4n) is 3.37. The largest absolute Gasteiger partial charge is 0.263 e. The van der Waals surface area contributed by atoms with Crippen LogP contribution in [0.3, 0.4) is 0 Å². The molecule has 0 saturated carbocycles. The number of hydrogen-bond acceptors (Lipinski definition) is 5. The maximum atomic E-state index is 12.2. The summed E-state index contributed by atoms with van der Waals surface area (Å²) in [6.07, 6.45) is 6.63. The Hall–Kier alpha value is -1.80. The summed E-state index contributed by atoms with van der Waals surface area (Å²) in [5.74, 6) is 0.587. The predicted octanol–water partition coefficient (Wildman–Crippen LogP) is 2.55. The molecule has 1 aliphatic rings. The molecule has 7 nitrogen and oxygen atoms in total. The Morgan fingerprint density at radius 1 is 1.28 bits per heavy atom. The van der Waals surface area contributed by atoms with Crippen LogP contribution in [0, 0.1) is 6.92 Å². The first-order valence-electron chi connectivity index (χ1n) is 8.74. The second-order valence-corrected chi connectivity index (χ2v) is 8.51. The topological polar surface area (TPSA) is 81.0 Å². The van der Waals surface area contributed by atoms with Crippen LogP contribution in [0.4, 0.5) is 0 Å². The van der Waals surface area contributed by atoms with E-state index in [1.54, 1.807) is 10.5 Å². The lowest BCUT2D eigenvalue weighted by atomic mass is 10.0. The first-order chi connectivity index (χ1) is 11.9. The van der Waals surface area contributed by atoms with Gasteiger partial charge in [0.15, 0.2) is 0 Å². The minimum absolute atomic E-state index is 0.287. The average molecular weight is 363 g/mol. The molecule has 136 valence electrons. The molecule has 0 amide bonds. The van der Waals surface area contributed by atoms with Crippen LogP contribution < -0.4 is 0 Å². The Morgan fingerprint density at radius 3 is 2.80 bits per heavy atom. The Labute approximate surface area is 149 Å². The van der Waals surface area contributed by atoms with Crippen LogP contribution in [0.15, 0.2) is 18.3 Å². The number of aryl methyl sites for hydroxylation is 2. The van der Waals surface area contributed by atoms with Gasteiger partial charge in [-0.3, -0.25) is 4.68 Å². The fourth-order valence-corrected chi connectivity index (χ4v) is 4.49. The molecule has 1 aliphatic heterocycles. The Balaban J connectivity index is 2.03. The molecule has 25 heavy (non-hydrogen) atoms. The molecule has 1 atom stereocenters. The summed E-state index contributed by atoms with van der Waals surface area (Å²) < 4.78 is 27.8.